The molecule has 0 saturated carbocycles. The van der Waals surface area contributed by atoms with Gasteiger partial charge in [0.15, 0.2) is 0 Å². The number of carbonyl (C=O) groups excluding carboxylic acids is 2. The van der Waals surface area contributed by atoms with Gasteiger partial charge in [0.1, 0.15) is 6.04 Å². The second-order valence-corrected chi connectivity index (χ2v) is 6.69. The summed E-state index contributed by atoms with van der Waals surface area (Å²) < 4.78 is 0. The van der Waals surface area contributed by atoms with E-state index in [4.69, 9.17) is 0 Å². The minimum atomic E-state index is -0.468. The Kier molecular flexibility index (Phi) is 6.27. The highest BCUT2D eigenvalue weighted by atomic mass is 32.2. The molecule has 1 saturated heterocycles. The monoisotopic (exact) mass is 321 g/mol. The number of hydrogen-bond donors (Lipinski definition) is 2. The van der Waals surface area contributed by atoms with Crippen molar-refractivity contribution in [2.75, 3.05) is 25.9 Å². The Bertz CT molecular complexity index is 509. The molecule has 1 aromatic rings. The van der Waals surface area contributed by atoms with Crippen molar-refractivity contribution in [1.29, 1.82) is 0 Å². The van der Waals surface area contributed by atoms with E-state index in [1.165, 1.54) is 7.05 Å². The SMILES string of the molecule is CCC1CN(C(C(=O)NC(=O)NC)c2ccccc2)CCS1. The van der Waals surface area contributed by atoms with E-state index < -0.39 is 12.1 Å². The highest BCUT2D eigenvalue weighted by Gasteiger charge is 2.32. The second-order valence-electron chi connectivity index (χ2n) is 5.28. The lowest BCUT2D eigenvalue weighted by molar-refractivity contribution is -0.125. The third-order valence-corrected chi connectivity index (χ3v) is 5.19. The van der Waals surface area contributed by atoms with E-state index in [1.54, 1.807) is 0 Å². The summed E-state index contributed by atoms with van der Waals surface area (Å²) in [6, 6.07) is 8.76. The van der Waals surface area contributed by atoms with Crippen LogP contribution in [0.5, 0.6) is 0 Å². The van der Waals surface area contributed by atoms with Crippen LogP contribution in [0.4, 0.5) is 4.79 Å². The second kappa shape index (κ2) is 8.19. The van der Waals surface area contributed by atoms with Crippen LogP contribution in [0.25, 0.3) is 0 Å². The van der Waals surface area contributed by atoms with Crippen molar-refractivity contribution in [2.45, 2.75) is 24.6 Å². The highest BCUT2D eigenvalue weighted by Crippen LogP contribution is 2.28. The normalized spacial score (nSPS) is 20.2. The molecule has 2 N–H and O–H groups in total. The first kappa shape index (κ1) is 16.8. The first-order chi connectivity index (χ1) is 10.7. The molecule has 1 heterocycles. The third-order valence-electron chi connectivity index (χ3n) is 3.82. The van der Waals surface area contributed by atoms with Crippen molar-refractivity contribution in [3.05, 3.63) is 35.9 Å². The zero-order valence-electron chi connectivity index (χ0n) is 13.0. The summed E-state index contributed by atoms with van der Waals surface area (Å²) in [7, 11) is 1.50. The lowest BCUT2D eigenvalue weighted by atomic mass is 10.0. The predicted molar refractivity (Wildman–Crippen MR) is 89.9 cm³/mol. The number of amides is 3. The van der Waals surface area contributed by atoms with Gasteiger partial charge in [-0.25, -0.2) is 4.79 Å². The Morgan fingerprint density at radius 3 is 2.73 bits per heavy atom. The largest absolute Gasteiger partial charge is 0.341 e. The van der Waals surface area contributed by atoms with Crippen LogP contribution in [0.15, 0.2) is 30.3 Å². The molecular weight excluding hydrogens is 298 g/mol. The zero-order chi connectivity index (χ0) is 15.9. The molecule has 0 radical (unpaired) electrons. The van der Waals surface area contributed by atoms with E-state index in [-0.39, 0.29) is 5.91 Å². The summed E-state index contributed by atoms with van der Waals surface area (Å²) in [5.74, 6) is 0.738. The molecule has 1 aliphatic rings. The van der Waals surface area contributed by atoms with Crippen molar-refractivity contribution in [3.63, 3.8) is 0 Å². The molecule has 0 aromatic heterocycles. The minimum absolute atomic E-state index is 0.271. The number of thioether (sulfide) groups is 1. The van der Waals surface area contributed by atoms with Gasteiger partial charge in [-0.15, -0.1) is 0 Å². The molecule has 22 heavy (non-hydrogen) atoms. The number of imide groups is 1. The zero-order valence-corrected chi connectivity index (χ0v) is 13.9. The van der Waals surface area contributed by atoms with Crippen LogP contribution in [0.3, 0.4) is 0 Å². The summed E-state index contributed by atoms with van der Waals surface area (Å²) in [5, 5.41) is 5.39. The molecule has 2 rings (SSSR count). The smallest absolute Gasteiger partial charge is 0.321 e. The van der Waals surface area contributed by atoms with E-state index >= 15 is 0 Å². The first-order valence-electron chi connectivity index (χ1n) is 7.58. The van der Waals surface area contributed by atoms with Crippen LogP contribution in [-0.2, 0) is 4.79 Å². The van der Waals surface area contributed by atoms with E-state index in [2.05, 4.69) is 22.5 Å². The fourth-order valence-corrected chi connectivity index (χ4v) is 3.84. The van der Waals surface area contributed by atoms with Crippen LogP contribution < -0.4 is 10.6 Å². The molecule has 120 valence electrons. The van der Waals surface area contributed by atoms with Gasteiger partial charge < -0.3 is 5.32 Å². The quantitative estimate of drug-likeness (QED) is 0.890. The van der Waals surface area contributed by atoms with Gasteiger partial charge in [-0.3, -0.25) is 15.0 Å². The summed E-state index contributed by atoms with van der Waals surface area (Å²) in [4.78, 5) is 26.3. The average molecular weight is 321 g/mol. The molecule has 5 nitrogen and oxygen atoms in total. The maximum atomic E-state index is 12.6. The number of urea groups is 1. The number of carbonyl (C=O) groups is 2. The number of nitrogens with zero attached hydrogens (tertiary/aromatic N) is 1. The summed E-state index contributed by atoms with van der Waals surface area (Å²) in [5.41, 5.74) is 0.922. The van der Waals surface area contributed by atoms with E-state index in [1.807, 2.05) is 42.1 Å². The summed E-state index contributed by atoms with van der Waals surface area (Å²) in [6.07, 6.45) is 1.08. The van der Waals surface area contributed by atoms with Crippen LogP contribution in [0.1, 0.15) is 24.9 Å². The van der Waals surface area contributed by atoms with Crippen molar-refractivity contribution in [2.24, 2.45) is 0 Å². The van der Waals surface area contributed by atoms with Crippen molar-refractivity contribution >= 4 is 23.7 Å². The molecule has 3 amide bonds. The number of rotatable bonds is 4. The van der Waals surface area contributed by atoms with Crippen LogP contribution in [0.2, 0.25) is 0 Å². The van der Waals surface area contributed by atoms with Crippen LogP contribution >= 0.6 is 11.8 Å². The molecule has 2 unspecified atom stereocenters. The number of benzene rings is 1. The summed E-state index contributed by atoms with van der Waals surface area (Å²) in [6.45, 7) is 3.88. The van der Waals surface area contributed by atoms with Gasteiger partial charge in [-0.1, -0.05) is 37.3 Å². The van der Waals surface area contributed by atoms with Gasteiger partial charge in [-0.2, -0.15) is 11.8 Å². The molecule has 1 aliphatic heterocycles. The average Bonchev–Trinajstić information content (AvgIpc) is 2.56. The fraction of sp³-hybridized carbons (Fsp3) is 0.500. The number of hydrogen-bond acceptors (Lipinski definition) is 4. The van der Waals surface area contributed by atoms with Gasteiger partial charge in [0, 0.05) is 31.1 Å². The lowest BCUT2D eigenvalue weighted by Gasteiger charge is -2.37. The Hall–Kier alpha value is -1.53. The van der Waals surface area contributed by atoms with E-state index in [0.717, 1.165) is 30.8 Å². The predicted octanol–water partition coefficient (Wildman–Crippen LogP) is 2.01. The Labute approximate surface area is 135 Å². The fourth-order valence-electron chi connectivity index (χ4n) is 2.63. The van der Waals surface area contributed by atoms with Gasteiger partial charge in [0.05, 0.1) is 0 Å². The van der Waals surface area contributed by atoms with Gasteiger partial charge in [0.2, 0.25) is 5.91 Å². The number of nitrogens with one attached hydrogen (secondary N) is 2. The van der Waals surface area contributed by atoms with Crippen molar-refractivity contribution in [1.82, 2.24) is 15.5 Å². The first-order valence-corrected chi connectivity index (χ1v) is 8.63. The third kappa shape index (κ3) is 4.24. The minimum Gasteiger partial charge on any atom is -0.341 e. The van der Waals surface area contributed by atoms with Crippen LogP contribution in [-0.4, -0.2) is 48.0 Å². The Morgan fingerprint density at radius 1 is 1.36 bits per heavy atom. The summed E-state index contributed by atoms with van der Waals surface area (Å²) >= 11 is 1.96. The van der Waals surface area contributed by atoms with Crippen LogP contribution in [0, 0.1) is 0 Å². The molecular formula is C16H23N3O2S. The van der Waals surface area contributed by atoms with E-state index in [9.17, 15) is 9.59 Å². The molecule has 1 fully saturated rings. The maximum Gasteiger partial charge on any atom is 0.321 e. The molecule has 2 atom stereocenters. The maximum absolute atomic E-state index is 12.6. The highest BCUT2D eigenvalue weighted by molar-refractivity contribution is 8.00. The van der Waals surface area contributed by atoms with Crippen molar-refractivity contribution in [3.8, 4) is 0 Å². The van der Waals surface area contributed by atoms with Crippen molar-refractivity contribution < 1.29 is 9.59 Å². The standard InChI is InChI=1S/C16H23N3O2S/c1-3-13-11-19(9-10-22-13)14(12-7-5-4-6-8-12)15(20)18-16(21)17-2/h4-8,13-14H,3,9-11H2,1-2H3,(H2,17,18,20,21). The van der Waals surface area contributed by atoms with Gasteiger partial charge in [0.25, 0.3) is 0 Å². The Morgan fingerprint density at radius 2 is 2.09 bits per heavy atom. The molecule has 0 aliphatic carbocycles. The molecule has 0 spiro atoms. The lowest BCUT2D eigenvalue weighted by Crippen LogP contribution is -2.49. The molecule has 1 aromatic carbocycles. The molecule has 0 bridgehead atoms. The van der Waals surface area contributed by atoms with E-state index in [0.29, 0.717) is 5.25 Å². The Balaban J connectivity index is 2.21. The molecule has 6 heteroatoms. The van der Waals surface area contributed by atoms with Gasteiger partial charge >= 0.3 is 6.03 Å². The van der Waals surface area contributed by atoms with Gasteiger partial charge in [-0.05, 0) is 12.0 Å². The topological polar surface area (TPSA) is 61.4 Å².